The SMILES string of the molecule is C=C[Si](C)(O[Si](C)(C)C)O[Si](C)(C)OC[SiH](C)C. The van der Waals surface area contributed by atoms with Crippen molar-refractivity contribution in [3.63, 3.8) is 0 Å². The zero-order valence-corrected chi connectivity index (χ0v) is 17.4. The van der Waals surface area contributed by atoms with Crippen LogP contribution in [0.25, 0.3) is 0 Å². The third kappa shape index (κ3) is 8.57. The van der Waals surface area contributed by atoms with Gasteiger partial charge in [-0.3, -0.25) is 0 Å². The van der Waals surface area contributed by atoms with E-state index in [0.29, 0.717) is 0 Å². The van der Waals surface area contributed by atoms with Crippen LogP contribution in [-0.4, -0.2) is 40.5 Å². The topological polar surface area (TPSA) is 27.7 Å². The van der Waals surface area contributed by atoms with Gasteiger partial charge in [0.1, 0.15) is 0 Å². The van der Waals surface area contributed by atoms with Crippen LogP contribution in [0.15, 0.2) is 12.3 Å². The Morgan fingerprint density at radius 2 is 1.50 bits per heavy atom. The van der Waals surface area contributed by atoms with E-state index in [1.54, 1.807) is 0 Å². The fourth-order valence-electron chi connectivity index (χ4n) is 1.60. The van der Waals surface area contributed by atoms with Crippen molar-refractivity contribution in [2.45, 2.75) is 52.4 Å². The summed E-state index contributed by atoms with van der Waals surface area (Å²) in [7, 11) is -6.71. The highest BCUT2D eigenvalue weighted by atomic mass is 28.5. The van der Waals surface area contributed by atoms with Crippen molar-refractivity contribution in [1.29, 1.82) is 0 Å². The molecule has 0 N–H and O–H groups in total. The molecule has 1 unspecified atom stereocenters. The molecular weight excluding hydrogens is 292 g/mol. The fourth-order valence-corrected chi connectivity index (χ4v) is 14.7. The van der Waals surface area contributed by atoms with Crippen LogP contribution < -0.4 is 0 Å². The third-order valence-corrected chi connectivity index (χ3v) is 12.5. The molecule has 7 heteroatoms. The minimum absolute atomic E-state index is 0.700. The van der Waals surface area contributed by atoms with Gasteiger partial charge >= 0.3 is 17.1 Å². The zero-order chi connectivity index (χ0) is 14.6. The third-order valence-electron chi connectivity index (χ3n) is 2.09. The Kier molecular flexibility index (Phi) is 6.96. The molecule has 0 aromatic carbocycles. The van der Waals surface area contributed by atoms with Crippen molar-refractivity contribution in [3.05, 3.63) is 12.3 Å². The summed E-state index contributed by atoms with van der Waals surface area (Å²) in [4.78, 5) is 0. The number of hydrogen-bond acceptors (Lipinski definition) is 3. The first-order chi connectivity index (χ1) is 7.89. The summed E-state index contributed by atoms with van der Waals surface area (Å²) < 4.78 is 18.5. The van der Waals surface area contributed by atoms with E-state index in [1.165, 1.54) is 0 Å². The van der Waals surface area contributed by atoms with E-state index in [2.05, 4.69) is 59.0 Å². The lowest BCUT2D eigenvalue weighted by Crippen LogP contribution is -2.54. The van der Waals surface area contributed by atoms with Crippen molar-refractivity contribution in [2.24, 2.45) is 0 Å². The minimum Gasteiger partial charge on any atom is -0.434 e. The van der Waals surface area contributed by atoms with Crippen LogP contribution in [0.4, 0.5) is 0 Å². The number of hydrogen-bond donors (Lipinski definition) is 0. The first-order valence-electron chi connectivity index (χ1n) is 6.57. The van der Waals surface area contributed by atoms with Gasteiger partial charge in [0.2, 0.25) is 0 Å². The van der Waals surface area contributed by atoms with Gasteiger partial charge in [-0.1, -0.05) is 18.8 Å². The Morgan fingerprint density at radius 3 is 1.83 bits per heavy atom. The van der Waals surface area contributed by atoms with E-state index < -0.39 is 34.2 Å². The van der Waals surface area contributed by atoms with Gasteiger partial charge in [0.15, 0.2) is 8.32 Å². The second kappa shape index (κ2) is 6.78. The minimum atomic E-state index is -2.29. The maximum absolute atomic E-state index is 6.27. The molecule has 0 radical (unpaired) electrons. The molecule has 0 heterocycles. The van der Waals surface area contributed by atoms with E-state index in [0.717, 1.165) is 6.23 Å². The summed E-state index contributed by atoms with van der Waals surface area (Å²) in [6.45, 7) is 21.3. The van der Waals surface area contributed by atoms with Crippen molar-refractivity contribution in [2.75, 3.05) is 6.23 Å². The van der Waals surface area contributed by atoms with E-state index in [9.17, 15) is 0 Å². The molecule has 108 valence electrons. The van der Waals surface area contributed by atoms with Gasteiger partial charge in [-0.05, 0) is 39.3 Å². The van der Waals surface area contributed by atoms with Gasteiger partial charge in [0.05, 0.1) is 8.80 Å². The molecular formula is C11H30O3Si4. The predicted octanol–water partition coefficient (Wildman–Crippen LogP) is 3.40. The van der Waals surface area contributed by atoms with Crippen LogP contribution >= 0.6 is 0 Å². The lowest BCUT2D eigenvalue weighted by Gasteiger charge is -2.37. The summed E-state index contributed by atoms with van der Waals surface area (Å²) in [5.41, 5.74) is 1.89. The average molecular weight is 323 g/mol. The maximum atomic E-state index is 6.27. The van der Waals surface area contributed by atoms with E-state index in [1.807, 2.05) is 5.70 Å². The van der Waals surface area contributed by atoms with Crippen molar-refractivity contribution < 1.29 is 12.7 Å². The monoisotopic (exact) mass is 322 g/mol. The Hall–Kier alpha value is 0.488. The molecule has 0 aliphatic heterocycles. The van der Waals surface area contributed by atoms with Crippen LogP contribution in [0.1, 0.15) is 0 Å². The molecule has 0 spiro atoms. The lowest BCUT2D eigenvalue weighted by molar-refractivity contribution is 0.267. The Labute approximate surface area is 118 Å². The molecule has 0 fully saturated rings. The molecule has 3 nitrogen and oxygen atoms in total. The van der Waals surface area contributed by atoms with Gasteiger partial charge in [-0.25, -0.2) is 0 Å². The number of rotatable bonds is 8. The summed E-state index contributed by atoms with van der Waals surface area (Å²) >= 11 is 0. The normalized spacial score (nSPS) is 16.7. The Bertz CT molecular complexity index is 276. The smallest absolute Gasteiger partial charge is 0.342 e. The van der Waals surface area contributed by atoms with Gasteiger partial charge in [0.25, 0.3) is 0 Å². The summed E-state index contributed by atoms with van der Waals surface area (Å²) in [5, 5.41) is 0. The van der Waals surface area contributed by atoms with E-state index in [-0.39, 0.29) is 0 Å². The summed E-state index contributed by atoms with van der Waals surface area (Å²) in [6.07, 6.45) is 0.883. The van der Waals surface area contributed by atoms with Crippen LogP contribution in [0.2, 0.25) is 52.4 Å². The molecule has 0 saturated carbocycles. The van der Waals surface area contributed by atoms with Crippen LogP contribution in [0.5, 0.6) is 0 Å². The molecule has 0 aliphatic carbocycles. The maximum Gasteiger partial charge on any atom is 0.342 e. The molecule has 0 saturated heterocycles. The Morgan fingerprint density at radius 1 is 1.00 bits per heavy atom. The Balaban J connectivity index is 4.64. The van der Waals surface area contributed by atoms with Crippen molar-refractivity contribution in [3.8, 4) is 0 Å². The largest absolute Gasteiger partial charge is 0.434 e. The molecule has 0 aromatic rings. The second-order valence-corrected chi connectivity index (χ2v) is 21.1. The zero-order valence-electron chi connectivity index (χ0n) is 13.3. The quantitative estimate of drug-likeness (QED) is 0.641. The highest BCUT2D eigenvalue weighted by Gasteiger charge is 2.40. The summed E-state index contributed by atoms with van der Waals surface area (Å²) in [5.74, 6) is 0. The first kappa shape index (κ1) is 18.5. The fraction of sp³-hybridized carbons (Fsp3) is 0.818. The second-order valence-electron chi connectivity index (χ2n) is 6.64. The molecule has 0 amide bonds. The van der Waals surface area contributed by atoms with E-state index >= 15 is 0 Å². The molecule has 0 bridgehead atoms. The highest BCUT2D eigenvalue weighted by molar-refractivity contribution is 6.88. The van der Waals surface area contributed by atoms with Gasteiger partial charge in [0, 0.05) is 6.23 Å². The molecule has 1 atom stereocenters. The average Bonchev–Trinajstić information content (AvgIpc) is 2.11. The summed E-state index contributed by atoms with van der Waals surface area (Å²) in [6, 6.07) is 0. The van der Waals surface area contributed by atoms with Crippen LogP contribution in [0, 0.1) is 0 Å². The van der Waals surface area contributed by atoms with E-state index in [4.69, 9.17) is 12.7 Å². The molecule has 0 rings (SSSR count). The lowest BCUT2D eigenvalue weighted by atomic mass is 11.3. The highest BCUT2D eigenvalue weighted by Crippen LogP contribution is 2.22. The van der Waals surface area contributed by atoms with Crippen LogP contribution in [0.3, 0.4) is 0 Å². The molecule has 18 heavy (non-hydrogen) atoms. The predicted molar refractivity (Wildman–Crippen MR) is 89.6 cm³/mol. The molecule has 0 aliphatic rings. The van der Waals surface area contributed by atoms with Gasteiger partial charge < -0.3 is 12.7 Å². The van der Waals surface area contributed by atoms with Crippen LogP contribution in [-0.2, 0) is 12.7 Å². The van der Waals surface area contributed by atoms with Gasteiger partial charge in [-0.2, -0.15) is 0 Å². The first-order valence-corrected chi connectivity index (χ1v) is 18.3. The van der Waals surface area contributed by atoms with Crippen molar-refractivity contribution in [1.82, 2.24) is 0 Å². The van der Waals surface area contributed by atoms with Crippen molar-refractivity contribution >= 4 is 34.2 Å². The standard InChI is InChI=1S/C11H30O3Si4/c1-10-18(9,13-16(4,5)6)14-17(7,8)12-11-15(2)3/h10,15H,1,11H2,2-9H3. The van der Waals surface area contributed by atoms with Gasteiger partial charge in [-0.15, -0.1) is 6.58 Å². The molecule has 0 aromatic heterocycles.